The van der Waals surface area contributed by atoms with Gasteiger partial charge in [0.05, 0.1) is 6.61 Å². The highest BCUT2D eigenvalue weighted by Crippen LogP contribution is 2.22. The van der Waals surface area contributed by atoms with Crippen molar-refractivity contribution in [2.75, 3.05) is 6.61 Å². The SMILES string of the molecule is OCC(O)C(O)C(O)C(O)C(O)c1ccc(Br)cc1. The van der Waals surface area contributed by atoms with Crippen LogP contribution in [-0.4, -0.2) is 61.7 Å². The molecule has 108 valence electrons. The van der Waals surface area contributed by atoms with E-state index in [9.17, 15) is 25.5 Å². The Morgan fingerprint density at radius 2 is 1.37 bits per heavy atom. The summed E-state index contributed by atoms with van der Waals surface area (Å²) in [5.74, 6) is 0. The molecule has 0 heterocycles. The number of aliphatic hydroxyl groups is 6. The average molecular weight is 337 g/mol. The zero-order valence-electron chi connectivity index (χ0n) is 9.96. The molecular weight excluding hydrogens is 320 g/mol. The maximum Gasteiger partial charge on any atom is 0.113 e. The maximum absolute atomic E-state index is 9.87. The standard InChI is InChI=1S/C12H17BrO6/c13-7-3-1-6(2-4-7)9(16)11(18)12(19)10(17)8(15)5-14/h1-4,8-12,14-19H,5H2. The molecule has 0 amide bonds. The summed E-state index contributed by atoms with van der Waals surface area (Å²) in [5.41, 5.74) is 0.348. The molecule has 0 aliphatic heterocycles. The molecule has 5 unspecified atom stereocenters. The van der Waals surface area contributed by atoms with Gasteiger partial charge >= 0.3 is 0 Å². The second-order valence-corrected chi connectivity index (χ2v) is 5.13. The smallest absolute Gasteiger partial charge is 0.113 e. The van der Waals surface area contributed by atoms with Crippen molar-refractivity contribution in [1.29, 1.82) is 0 Å². The van der Waals surface area contributed by atoms with Crippen LogP contribution in [0.2, 0.25) is 0 Å². The van der Waals surface area contributed by atoms with Crippen LogP contribution in [0.1, 0.15) is 11.7 Å². The highest BCUT2D eigenvalue weighted by Gasteiger charge is 2.34. The molecule has 0 aliphatic rings. The van der Waals surface area contributed by atoms with Crippen LogP contribution in [0, 0.1) is 0 Å². The minimum atomic E-state index is -1.79. The Morgan fingerprint density at radius 3 is 1.84 bits per heavy atom. The van der Waals surface area contributed by atoms with Crippen molar-refractivity contribution >= 4 is 15.9 Å². The number of hydrogen-bond donors (Lipinski definition) is 6. The Balaban J connectivity index is 2.75. The molecule has 0 fully saturated rings. The van der Waals surface area contributed by atoms with Gasteiger partial charge in [0.15, 0.2) is 0 Å². The molecule has 0 saturated carbocycles. The molecule has 0 radical (unpaired) electrons. The first-order valence-corrected chi connectivity index (χ1v) is 6.44. The van der Waals surface area contributed by atoms with Crippen LogP contribution < -0.4 is 0 Å². The van der Waals surface area contributed by atoms with Gasteiger partial charge in [-0.3, -0.25) is 0 Å². The Labute approximate surface area is 118 Å². The lowest BCUT2D eigenvalue weighted by Gasteiger charge is -2.28. The van der Waals surface area contributed by atoms with E-state index in [4.69, 9.17) is 5.11 Å². The third-order valence-electron chi connectivity index (χ3n) is 2.82. The summed E-state index contributed by atoms with van der Waals surface area (Å²) in [6.07, 6.45) is -8.27. The summed E-state index contributed by atoms with van der Waals surface area (Å²) in [7, 11) is 0. The molecular formula is C12H17BrO6. The molecule has 6 nitrogen and oxygen atoms in total. The minimum absolute atomic E-state index is 0.348. The minimum Gasteiger partial charge on any atom is -0.394 e. The fraction of sp³-hybridized carbons (Fsp3) is 0.500. The van der Waals surface area contributed by atoms with Crippen molar-refractivity contribution < 1.29 is 30.6 Å². The quantitative estimate of drug-likeness (QED) is 0.393. The van der Waals surface area contributed by atoms with E-state index in [0.717, 1.165) is 4.47 Å². The van der Waals surface area contributed by atoms with Crippen molar-refractivity contribution in [3.8, 4) is 0 Å². The monoisotopic (exact) mass is 336 g/mol. The van der Waals surface area contributed by atoms with E-state index < -0.39 is 37.1 Å². The third-order valence-corrected chi connectivity index (χ3v) is 3.34. The zero-order valence-corrected chi connectivity index (χ0v) is 11.6. The van der Waals surface area contributed by atoms with Crippen LogP contribution in [0.5, 0.6) is 0 Å². The first kappa shape index (κ1) is 16.5. The molecule has 0 aliphatic carbocycles. The summed E-state index contributed by atoms with van der Waals surface area (Å²) >= 11 is 3.22. The molecule has 0 aromatic heterocycles. The number of aliphatic hydroxyl groups excluding tert-OH is 6. The molecule has 6 N–H and O–H groups in total. The fourth-order valence-corrected chi connectivity index (χ4v) is 1.85. The molecule has 0 bridgehead atoms. The second-order valence-electron chi connectivity index (χ2n) is 4.22. The molecule has 5 atom stereocenters. The van der Waals surface area contributed by atoms with Crippen LogP contribution in [0.15, 0.2) is 28.7 Å². The highest BCUT2D eigenvalue weighted by molar-refractivity contribution is 9.10. The lowest BCUT2D eigenvalue weighted by Crippen LogP contribution is -2.47. The molecule has 1 aromatic rings. The van der Waals surface area contributed by atoms with E-state index in [1.165, 1.54) is 0 Å². The van der Waals surface area contributed by atoms with Crippen LogP contribution in [-0.2, 0) is 0 Å². The summed E-state index contributed by atoms with van der Waals surface area (Å²) in [6.45, 7) is -0.765. The van der Waals surface area contributed by atoms with Gasteiger partial charge in [0.25, 0.3) is 0 Å². The van der Waals surface area contributed by atoms with Gasteiger partial charge in [0.2, 0.25) is 0 Å². The zero-order chi connectivity index (χ0) is 14.6. The van der Waals surface area contributed by atoms with Gasteiger partial charge in [0.1, 0.15) is 30.5 Å². The van der Waals surface area contributed by atoms with Crippen LogP contribution >= 0.6 is 15.9 Å². The molecule has 0 saturated heterocycles. The average Bonchev–Trinajstić information content (AvgIpc) is 2.44. The summed E-state index contributed by atoms with van der Waals surface area (Å²) in [6, 6.07) is 6.38. The molecule has 7 heteroatoms. The normalized spacial score (nSPS) is 19.5. The summed E-state index contributed by atoms with van der Waals surface area (Å²) in [4.78, 5) is 0. The van der Waals surface area contributed by atoms with Crippen molar-refractivity contribution in [3.63, 3.8) is 0 Å². The van der Waals surface area contributed by atoms with E-state index in [-0.39, 0.29) is 0 Å². The lowest BCUT2D eigenvalue weighted by atomic mass is 9.95. The van der Waals surface area contributed by atoms with Gasteiger partial charge in [-0.25, -0.2) is 0 Å². The Hall–Kier alpha value is -0.540. The van der Waals surface area contributed by atoms with E-state index in [1.807, 2.05) is 0 Å². The topological polar surface area (TPSA) is 121 Å². The predicted molar refractivity (Wildman–Crippen MR) is 70.2 cm³/mol. The van der Waals surface area contributed by atoms with Gasteiger partial charge < -0.3 is 30.6 Å². The van der Waals surface area contributed by atoms with E-state index in [0.29, 0.717) is 5.56 Å². The Bertz CT molecular complexity index is 384. The second kappa shape index (κ2) is 7.30. The number of halogens is 1. The van der Waals surface area contributed by atoms with Gasteiger partial charge in [-0.15, -0.1) is 0 Å². The van der Waals surface area contributed by atoms with E-state index >= 15 is 0 Å². The molecule has 1 rings (SSSR count). The fourth-order valence-electron chi connectivity index (χ4n) is 1.58. The highest BCUT2D eigenvalue weighted by atomic mass is 79.9. The van der Waals surface area contributed by atoms with Crippen molar-refractivity contribution in [1.82, 2.24) is 0 Å². The molecule has 1 aromatic carbocycles. The van der Waals surface area contributed by atoms with Gasteiger partial charge in [0, 0.05) is 4.47 Å². The predicted octanol–water partition coefficient (Wildman–Crippen LogP) is -1.08. The third kappa shape index (κ3) is 4.22. The van der Waals surface area contributed by atoms with E-state index in [1.54, 1.807) is 24.3 Å². The Morgan fingerprint density at radius 1 is 0.842 bits per heavy atom. The maximum atomic E-state index is 9.87. The van der Waals surface area contributed by atoms with Crippen molar-refractivity contribution in [2.45, 2.75) is 30.5 Å². The summed E-state index contributed by atoms with van der Waals surface area (Å²) in [5, 5.41) is 56.6. The van der Waals surface area contributed by atoms with E-state index in [2.05, 4.69) is 15.9 Å². The van der Waals surface area contributed by atoms with Gasteiger partial charge in [-0.1, -0.05) is 28.1 Å². The van der Waals surface area contributed by atoms with Gasteiger partial charge in [-0.2, -0.15) is 0 Å². The van der Waals surface area contributed by atoms with Crippen LogP contribution in [0.4, 0.5) is 0 Å². The molecule has 19 heavy (non-hydrogen) atoms. The first-order chi connectivity index (χ1) is 8.88. The molecule has 0 spiro atoms. The van der Waals surface area contributed by atoms with Gasteiger partial charge in [-0.05, 0) is 17.7 Å². The number of rotatable bonds is 6. The Kier molecular flexibility index (Phi) is 6.34. The van der Waals surface area contributed by atoms with Crippen LogP contribution in [0.25, 0.3) is 0 Å². The first-order valence-electron chi connectivity index (χ1n) is 5.65. The lowest BCUT2D eigenvalue weighted by molar-refractivity contribution is -0.141. The summed E-state index contributed by atoms with van der Waals surface area (Å²) < 4.78 is 0.786. The van der Waals surface area contributed by atoms with Crippen molar-refractivity contribution in [2.24, 2.45) is 0 Å². The van der Waals surface area contributed by atoms with Crippen molar-refractivity contribution in [3.05, 3.63) is 34.3 Å². The van der Waals surface area contributed by atoms with Crippen LogP contribution in [0.3, 0.4) is 0 Å². The number of benzene rings is 1. The largest absolute Gasteiger partial charge is 0.394 e. The number of hydrogen-bond acceptors (Lipinski definition) is 6.